The highest BCUT2D eigenvalue weighted by atomic mass is 32.2. The van der Waals surface area contributed by atoms with Gasteiger partial charge in [-0.05, 0) is 55.5 Å². The van der Waals surface area contributed by atoms with Gasteiger partial charge in [0.2, 0.25) is 0 Å². The number of carboxylic acid groups (broad SMARTS) is 1. The number of rotatable bonds is 5. The first-order valence-corrected chi connectivity index (χ1v) is 7.80. The average molecular weight is 283 g/mol. The van der Waals surface area contributed by atoms with E-state index in [9.17, 15) is 13.2 Å². The second kappa shape index (κ2) is 5.30. The molecule has 0 spiro atoms. The molecule has 3 N–H and O–H groups in total. The highest BCUT2D eigenvalue weighted by Crippen LogP contribution is 2.27. The number of aliphatic carboxylic acids is 1. The molecule has 1 aliphatic rings. The molecule has 5 nitrogen and oxygen atoms in total. The van der Waals surface area contributed by atoms with Crippen LogP contribution >= 0.6 is 0 Å². The van der Waals surface area contributed by atoms with Crippen molar-refractivity contribution in [2.45, 2.75) is 35.8 Å². The standard InChI is InChI=1S/C13H17NO4S/c14-7-6-12(13(15)16)19(17,18)11-5-4-9-2-1-3-10(9)8-11/h4-5,8,12H,1-3,6-7,14H2,(H,15,16). The van der Waals surface area contributed by atoms with Crippen LogP contribution in [0.3, 0.4) is 0 Å². The third-order valence-corrected chi connectivity index (χ3v) is 5.57. The molecule has 0 radical (unpaired) electrons. The first-order chi connectivity index (χ1) is 8.96. The topological polar surface area (TPSA) is 97.5 Å². The Hall–Kier alpha value is -1.40. The van der Waals surface area contributed by atoms with Gasteiger partial charge in [0.05, 0.1) is 4.90 Å². The maximum Gasteiger partial charge on any atom is 0.322 e. The van der Waals surface area contributed by atoms with Crippen molar-refractivity contribution in [1.82, 2.24) is 0 Å². The van der Waals surface area contributed by atoms with Crippen LogP contribution in [0.15, 0.2) is 23.1 Å². The van der Waals surface area contributed by atoms with Crippen molar-refractivity contribution in [1.29, 1.82) is 0 Å². The molecule has 0 saturated heterocycles. The largest absolute Gasteiger partial charge is 0.480 e. The summed E-state index contributed by atoms with van der Waals surface area (Å²) in [5, 5.41) is 7.60. The fraction of sp³-hybridized carbons (Fsp3) is 0.462. The SMILES string of the molecule is NCCC(C(=O)O)S(=O)(=O)c1ccc2c(c1)CCC2. The van der Waals surface area contributed by atoms with Crippen LogP contribution in [-0.4, -0.2) is 31.3 Å². The van der Waals surface area contributed by atoms with Crippen LogP contribution in [0, 0.1) is 0 Å². The van der Waals surface area contributed by atoms with Gasteiger partial charge < -0.3 is 10.8 Å². The number of aryl methyl sites for hydroxylation is 2. The van der Waals surface area contributed by atoms with Crippen LogP contribution in [0.2, 0.25) is 0 Å². The Morgan fingerprint density at radius 3 is 2.63 bits per heavy atom. The number of carboxylic acids is 1. The summed E-state index contributed by atoms with van der Waals surface area (Å²) in [4.78, 5) is 11.2. The van der Waals surface area contributed by atoms with Crippen molar-refractivity contribution in [3.63, 3.8) is 0 Å². The van der Waals surface area contributed by atoms with Crippen molar-refractivity contribution < 1.29 is 18.3 Å². The van der Waals surface area contributed by atoms with E-state index in [0.717, 1.165) is 30.4 Å². The molecule has 0 amide bonds. The molecule has 19 heavy (non-hydrogen) atoms. The van der Waals surface area contributed by atoms with E-state index in [2.05, 4.69) is 0 Å². The Balaban J connectivity index is 2.41. The number of carbonyl (C=O) groups is 1. The first-order valence-electron chi connectivity index (χ1n) is 6.25. The molecule has 0 heterocycles. The zero-order chi connectivity index (χ0) is 14.0. The van der Waals surface area contributed by atoms with Crippen LogP contribution in [0.1, 0.15) is 24.0 Å². The minimum Gasteiger partial charge on any atom is -0.480 e. The van der Waals surface area contributed by atoms with Gasteiger partial charge in [0.15, 0.2) is 15.1 Å². The van der Waals surface area contributed by atoms with Gasteiger partial charge in [-0.2, -0.15) is 0 Å². The highest BCUT2D eigenvalue weighted by molar-refractivity contribution is 7.92. The lowest BCUT2D eigenvalue weighted by atomic mass is 10.1. The van der Waals surface area contributed by atoms with E-state index < -0.39 is 21.1 Å². The summed E-state index contributed by atoms with van der Waals surface area (Å²) in [6, 6.07) is 4.91. The molecule has 2 rings (SSSR count). The summed E-state index contributed by atoms with van der Waals surface area (Å²) in [5.41, 5.74) is 7.47. The molecule has 1 unspecified atom stereocenters. The van der Waals surface area contributed by atoms with Gasteiger partial charge in [0.1, 0.15) is 0 Å². The Morgan fingerprint density at radius 2 is 2.00 bits per heavy atom. The first kappa shape index (κ1) is 14.0. The van der Waals surface area contributed by atoms with Gasteiger partial charge in [0, 0.05) is 0 Å². The maximum atomic E-state index is 12.3. The molecule has 0 aliphatic heterocycles. The fourth-order valence-electron chi connectivity index (χ4n) is 2.45. The van der Waals surface area contributed by atoms with Gasteiger partial charge in [-0.25, -0.2) is 8.42 Å². The number of sulfone groups is 1. The Bertz CT molecular complexity index is 595. The summed E-state index contributed by atoms with van der Waals surface area (Å²) in [6.07, 6.45) is 2.76. The van der Waals surface area contributed by atoms with E-state index in [-0.39, 0.29) is 17.9 Å². The van der Waals surface area contributed by atoms with Crippen molar-refractivity contribution >= 4 is 15.8 Å². The highest BCUT2D eigenvalue weighted by Gasteiger charge is 2.33. The predicted molar refractivity (Wildman–Crippen MR) is 70.7 cm³/mol. The average Bonchev–Trinajstić information content (AvgIpc) is 2.82. The second-order valence-electron chi connectivity index (χ2n) is 4.73. The third kappa shape index (κ3) is 2.64. The van der Waals surface area contributed by atoms with E-state index in [1.807, 2.05) is 0 Å². The number of benzene rings is 1. The lowest BCUT2D eigenvalue weighted by Crippen LogP contribution is -2.32. The van der Waals surface area contributed by atoms with Gasteiger partial charge in [-0.3, -0.25) is 4.79 Å². The monoisotopic (exact) mass is 283 g/mol. The van der Waals surface area contributed by atoms with Crippen molar-refractivity contribution in [2.75, 3.05) is 6.54 Å². The predicted octanol–water partition coefficient (Wildman–Crippen LogP) is 0.751. The zero-order valence-corrected chi connectivity index (χ0v) is 11.3. The molecule has 0 bridgehead atoms. The summed E-state index contributed by atoms with van der Waals surface area (Å²) in [7, 11) is -3.86. The van der Waals surface area contributed by atoms with E-state index in [0.29, 0.717) is 0 Å². The van der Waals surface area contributed by atoms with E-state index in [1.165, 1.54) is 6.07 Å². The summed E-state index contributed by atoms with van der Waals surface area (Å²) in [6.45, 7) is 0.0289. The van der Waals surface area contributed by atoms with E-state index in [1.54, 1.807) is 12.1 Å². The molecule has 1 aliphatic carbocycles. The van der Waals surface area contributed by atoms with Gasteiger partial charge >= 0.3 is 5.97 Å². The van der Waals surface area contributed by atoms with Crippen LogP contribution < -0.4 is 5.73 Å². The van der Waals surface area contributed by atoms with Gasteiger partial charge in [-0.15, -0.1) is 0 Å². The number of fused-ring (bicyclic) bond motifs is 1. The van der Waals surface area contributed by atoms with Gasteiger partial charge in [0.25, 0.3) is 0 Å². The molecule has 1 atom stereocenters. The number of nitrogens with two attached hydrogens (primary N) is 1. The van der Waals surface area contributed by atoms with Crippen molar-refractivity contribution in [3.05, 3.63) is 29.3 Å². The molecule has 6 heteroatoms. The van der Waals surface area contributed by atoms with Crippen molar-refractivity contribution in [3.8, 4) is 0 Å². The molecule has 0 saturated carbocycles. The molecule has 104 valence electrons. The molecule has 0 fully saturated rings. The summed E-state index contributed by atoms with van der Waals surface area (Å²) < 4.78 is 24.7. The summed E-state index contributed by atoms with van der Waals surface area (Å²) >= 11 is 0. The van der Waals surface area contributed by atoms with Crippen LogP contribution in [0.5, 0.6) is 0 Å². The molecular formula is C13H17NO4S. The molecule has 0 aromatic heterocycles. The fourth-order valence-corrected chi connectivity index (χ4v) is 4.06. The number of hydrogen-bond donors (Lipinski definition) is 2. The lowest BCUT2D eigenvalue weighted by Gasteiger charge is -2.13. The summed E-state index contributed by atoms with van der Waals surface area (Å²) in [5.74, 6) is -1.34. The smallest absolute Gasteiger partial charge is 0.322 e. The zero-order valence-electron chi connectivity index (χ0n) is 10.5. The van der Waals surface area contributed by atoms with E-state index in [4.69, 9.17) is 10.8 Å². The normalized spacial score (nSPS) is 16.1. The molecular weight excluding hydrogens is 266 g/mol. The van der Waals surface area contributed by atoms with Crippen LogP contribution in [-0.2, 0) is 27.5 Å². The Kier molecular flexibility index (Phi) is 3.91. The van der Waals surface area contributed by atoms with E-state index >= 15 is 0 Å². The van der Waals surface area contributed by atoms with Crippen LogP contribution in [0.4, 0.5) is 0 Å². The molecule has 1 aromatic rings. The number of hydrogen-bond acceptors (Lipinski definition) is 4. The second-order valence-corrected chi connectivity index (χ2v) is 6.86. The third-order valence-electron chi connectivity index (χ3n) is 3.48. The maximum absolute atomic E-state index is 12.3. The quantitative estimate of drug-likeness (QED) is 0.831. The lowest BCUT2D eigenvalue weighted by molar-refractivity contribution is -0.136. The van der Waals surface area contributed by atoms with Gasteiger partial charge in [-0.1, -0.05) is 6.07 Å². The van der Waals surface area contributed by atoms with Crippen LogP contribution in [0.25, 0.3) is 0 Å². The van der Waals surface area contributed by atoms with Crippen molar-refractivity contribution in [2.24, 2.45) is 5.73 Å². The minimum absolute atomic E-state index is 0.0289. The molecule has 1 aromatic carbocycles. The Labute approximate surface area is 112 Å². The minimum atomic E-state index is -3.86. The Morgan fingerprint density at radius 1 is 1.32 bits per heavy atom.